The molecule has 9 heteroatoms. The SMILES string of the molecule is CCOC(=O)CCc1ccc(-c2ncn(-c3ccc(OC(F)(F)F)cc3)n2)cc1C. The van der Waals surface area contributed by atoms with Gasteiger partial charge in [0, 0.05) is 12.0 Å². The third-order valence-corrected chi connectivity index (χ3v) is 4.33. The van der Waals surface area contributed by atoms with Crippen LogP contribution in [0.4, 0.5) is 13.2 Å². The van der Waals surface area contributed by atoms with E-state index in [-0.39, 0.29) is 11.7 Å². The van der Waals surface area contributed by atoms with Crippen LogP contribution in [0, 0.1) is 6.92 Å². The van der Waals surface area contributed by atoms with Crippen LogP contribution in [0.25, 0.3) is 17.1 Å². The van der Waals surface area contributed by atoms with Gasteiger partial charge in [-0.05, 0) is 61.7 Å². The Labute approximate surface area is 171 Å². The summed E-state index contributed by atoms with van der Waals surface area (Å²) in [5, 5.41) is 4.39. The number of hydrogen-bond donors (Lipinski definition) is 0. The molecule has 0 N–H and O–H groups in total. The lowest BCUT2D eigenvalue weighted by Crippen LogP contribution is -2.17. The Hall–Kier alpha value is -3.36. The number of halogens is 3. The molecule has 0 saturated carbocycles. The Morgan fingerprint density at radius 3 is 2.50 bits per heavy atom. The molecule has 0 atom stereocenters. The first-order valence-electron chi connectivity index (χ1n) is 9.28. The smallest absolute Gasteiger partial charge is 0.466 e. The highest BCUT2D eigenvalue weighted by molar-refractivity contribution is 5.70. The molecule has 30 heavy (non-hydrogen) atoms. The number of carbonyl (C=O) groups excluding carboxylic acids is 1. The summed E-state index contributed by atoms with van der Waals surface area (Å²) >= 11 is 0. The van der Waals surface area contributed by atoms with Crippen LogP contribution in [0.3, 0.4) is 0 Å². The molecule has 1 heterocycles. The molecule has 0 amide bonds. The third kappa shape index (κ3) is 5.59. The molecule has 0 aliphatic carbocycles. The minimum Gasteiger partial charge on any atom is -0.466 e. The van der Waals surface area contributed by atoms with Crippen LogP contribution in [-0.2, 0) is 16.0 Å². The minimum absolute atomic E-state index is 0.229. The summed E-state index contributed by atoms with van der Waals surface area (Å²) in [6.07, 6.45) is -2.35. The van der Waals surface area contributed by atoms with Gasteiger partial charge in [-0.25, -0.2) is 9.67 Å². The second kappa shape index (κ2) is 8.98. The van der Waals surface area contributed by atoms with E-state index >= 15 is 0 Å². The zero-order chi connectivity index (χ0) is 21.7. The average molecular weight is 419 g/mol. The van der Waals surface area contributed by atoms with Crippen molar-refractivity contribution in [3.05, 3.63) is 59.9 Å². The molecule has 0 aliphatic rings. The zero-order valence-corrected chi connectivity index (χ0v) is 16.4. The Morgan fingerprint density at radius 1 is 1.13 bits per heavy atom. The topological polar surface area (TPSA) is 66.2 Å². The van der Waals surface area contributed by atoms with Crippen molar-refractivity contribution in [3.63, 3.8) is 0 Å². The molecule has 6 nitrogen and oxygen atoms in total. The van der Waals surface area contributed by atoms with Gasteiger partial charge in [0.15, 0.2) is 5.82 Å². The lowest BCUT2D eigenvalue weighted by molar-refractivity contribution is -0.274. The fraction of sp³-hybridized carbons (Fsp3) is 0.286. The molecule has 0 spiro atoms. The maximum absolute atomic E-state index is 12.3. The van der Waals surface area contributed by atoms with E-state index in [0.717, 1.165) is 16.7 Å². The molecule has 2 aromatic carbocycles. The summed E-state index contributed by atoms with van der Waals surface area (Å²) in [5.41, 5.74) is 3.38. The molecule has 158 valence electrons. The second-order valence-electron chi connectivity index (χ2n) is 6.50. The molecule has 0 saturated heterocycles. The molecule has 3 rings (SSSR count). The summed E-state index contributed by atoms with van der Waals surface area (Å²) in [5.74, 6) is -0.0562. The molecule has 0 fully saturated rings. The van der Waals surface area contributed by atoms with E-state index in [1.54, 1.807) is 6.92 Å². The molecule has 0 aliphatic heterocycles. The van der Waals surface area contributed by atoms with E-state index in [1.807, 2.05) is 25.1 Å². The van der Waals surface area contributed by atoms with E-state index in [9.17, 15) is 18.0 Å². The number of hydrogen-bond acceptors (Lipinski definition) is 5. The summed E-state index contributed by atoms with van der Waals surface area (Å²) in [6, 6.07) is 11.1. The van der Waals surface area contributed by atoms with Gasteiger partial charge in [-0.15, -0.1) is 18.3 Å². The van der Waals surface area contributed by atoms with Crippen molar-refractivity contribution in [2.75, 3.05) is 6.61 Å². The van der Waals surface area contributed by atoms with Crippen LogP contribution in [-0.4, -0.2) is 33.7 Å². The number of benzene rings is 2. The first-order valence-corrected chi connectivity index (χ1v) is 9.28. The number of nitrogens with zero attached hydrogens (tertiary/aromatic N) is 3. The number of esters is 1. The highest BCUT2D eigenvalue weighted by atomic mass is 19.4. The van der Waals surface area contributed by atoms with Crippen molar-refractivity contribution in [2.45, 2.75) is 33.1 Å². The van der Waals surface area contributed by atoms with Crippen molar-refractivity contribution < 1.29 is 27.4 Å². The van der Waals surface area contributed by atoms with Gasteiger partial charge in [0.2, 0.25) is 0 Å². The Balaban J connectivity index is 1.71. The number of rotatable bonds is 7. The molecular weight excluding hydrogens is 399 g/mol. The van der Waals surface area contributed by atoms with E-state index in [2.05, 4.69) is 14.8 Å². The summed E-state index contributed by atoms with van der Waals surface area (Å²) in [7, 11) is 0. The Morgan fingerprint density at radius 2 is 1.87 bits per heavy atom. The lowest BCUT2D eigenvalue weighted by atomic mass is 10.0. The summed E-state index contributed by atoms with van der Waals surface area (Å²) in [4.78, 5) is 15.8. The predicted molar refractivity (Wildman–Crippen MR) is 103 cm³/mol. The molecule has 0 bridgehead atoms. The minimum atomic E-state index is -4.73. The predicted octanol–water partition coefficient (Wildman–Crippen LogP) is 4.64. The largest absolute Gasteiger partial charge is 0.573 e. The quantitative estimate of drug-likeness (QED) is 0.522. The van der Waals surface area contributed by atoms with E-state index in [0.29, 0.717) is 31.0 Å². The van der Waals surface area contributed by atoms with Crippen molar-refractivity contribution in [3.8, 4) is 22.8 Å². The molecule has 0 unspecified atom stereocenters. The summed E-state index contributed by atoms with van der Waals surface area (Å²) in [6.45, 7) is 4.08. The first-order chi connectivity index (χ1) is 14.2. The van der Waals surface area contributed by atoms with E-state index < -0.39 is 6.36 Å². The standard InChI is InChI=1S/C21H20F3N3O3/c1-3-29-19(28)11-6-15-4-5-16(12-14(15)2)20-25-13-27(26-20)17-7-9-18(10-8-17)30-21(22,23)24/h4-5,7-10,12-13H,3,6,11H2,1-2H3. The Bertz CT molecular complexity index is 1010. The van der Waals surface area contributed by atoms with Crippen LogP contribution in [0.15, 0.2) is 48.8 Å². The van der Waals surface area contributed by atoms with Crippen molar-refractivity contribution >= 4 is 5.97 Å². The fourth-order valence-corrected chi connectivity index (χ4v) is 2.91. The molecule has 3 aromatic rings. The zero-order valence-electron chi connectivity index (χ0n) is 16.4. The van der Waals surface area contributed by atoms with Crippen LogP contribution in [0.1, 0.15) is 24.5 Å². The van der Waals surface area contributed by atoms with Crippen LogP contribution in [0.2, 0.25) is 0 Å². The number of ether oxygens (including phenoxy) is 2. The monoisotopic (exact) mass is 419 g/mol. The van der Waals surface area contributed by atoms with Gasteiger partial charge in [0.05, 0.1) is 12.3 Å². The first kappa shape index (κ1) is 21.4. The highest BCUT2D eigenvalue weighted by Gasteiger charge is 2.31. The fourth-order valence-electron chi connectivity index (χ4n) is 2.91. The van der Waals surface area contributed by atoms with Gasteiger partial charge in [-0.1, -0.05) is 12.1 Å². The maximum Gasteiger partial charge on any atom is 0.573 e. The van der Waals surface area contributed by atoms with E-state index in [1.165, 1.54) is 35.3 Å². The normalized spacial score (nSPS) is 11.4. The van der Waals surface area contributed by atoms with Gasteiger partial charge in [0.1, 0.15) is 12.1 Å². The van der Waals surface area contributed by atoms with Crippen molar-refractivity contribution in [1.29, 1.82) is 0 Å². The average Bonchev–Trinajstić information content (AvgIpc) is 3.17. The van der Waals surface area contributed by atoms with Crippen molar-refractivity contribution in [1.82, 2.24) is 14.8 Å². The lowest BCUT2D eigenvalue weighted by Gasteiger charge is -2.09. The van der Waals surface area contributed by atoms with Gasteiger partial charge >= 0.3 is 12.3 Å². The highest BCUT2D eigenvalue weighted by Crippen LogP contribution is 2.24. The van der Waals surface area contributed by atoms with Gasteiger partial charge in [-0.3, -0.25) is 4.79 Å². The van der Waals surface area contributed by atoms with Gasteiger partial charge in [-0.2, -0.15) is 0 Å². The van der Waals surface area contributed by atoms with E-state index in [4.69, 9.17) is 4.74 Å². The maximum atomic E-state index is 12.3. The molecular formula is C21H20F3N3O3. The van der Waals surface area contributed by atoms with Crippen LogP contribution < -0.4 is 4.74 Å². The van der Waals surface area contributed by atoms with Crippen LogP contribution >= 0.6 is 0 Å². The second-order valence-corrected chi connectivity index (χ2v) is 6.50. The van der Waals surface area contributed by atoms with Gasteiger partial charge < -0.3 is 9.47 Å². The third-order valence-electron chi connectivity index (χ3n) is 4.33. The number of aromatic nitrogens is 3. The number of carbonyl (C=O) groups is 1. The summed E-state index contributed by atoms with van der Waals surface area (Å²) < 4.78 is 47.1. The molecule has 0 radical (unpaired) electrons. The molecule has 1 aromatic heterocycles. The van der Waals surface area contributed by atoms with Crippen molar-refractivity contribution in [2.24, 2.45) is 0 Å². The van der Waals surface area contributed by atoms with Crippen LogP contribution in [0.5, 0.6) is 5.75 Å². The number of aryl methyl sites for hydroxylation is 2. The van der Waals surface area contributed by atoms with Gasteiger partial charge in [0.25, 0.3) is 0 Å². The Kier molecular flexibility index (Phi) is 6.39. The number of alkyl halides is 3.